The molecule has 2 aromatic heterocycles. The van der Waals surface area contributed by atoms with Gasteiger partial charge in [0.05, 0.1) is 18.7 Å². The van der Waals surface area contributed by atoms with Gasteiger partial charge in [-0.1, -0.05) is 64.1 Å². The number of rotatable bonds is 8. The van der Waals surface area contributed by atoms with Crippen LogP contribution >= 0.6 is 0 Å². The number of benzene rings is 1. The molecule has 3 rings (SSSR count). The number of fused-ring (bicyclic) bond motifs is 1. The van der Waals surface area contributed by atoms with Gasteiger partial charge in [-0.25, -0.2) is 9.59 Å². The monoisotopic (exact) mass is 421 g/mol. The van der Waals surface area contributed by atoms with Crippen molar-refractivity contribution in [1.29, 1.82) is 0 Å². The molecule has 0 amide bonds. The molecule has 2 heterocycles. The fourth-order valence-corrected chi connectivity index (χ4v) is 3.19. The van der Waals surface area contributed by atoms with E-state index < -0.39 is 11.9 Å². The first-order chi connectivity index (χ1) is 14.8. The Kier molecular flexibility index (Phi) is 6.90. The zero-order chi connectivity index (χ0) is 22.5. The lowest BCUT2D eigenvalue weighted by atomic mass is 10.0. The van der Waals surface area contributed by atoms with Crippen LogP contribution in [0.2, 0.25) is 0 Å². The standard InChI is InChI=1S/C25H27NO5/c1-16(2)14-30-24(28)20-19-12-8-9-13-26(19)22(21(20)25(29)31-15-17(3)4)23(27)18-10-6-5-7-11-18/h5-13,16-17H,14-15H2,1-4H3. The lowest BCUT2D eigenvalue weighted by molar-refractivity contribution is 0.0414. The SMILES string of the molecule is CC(C)COC(=O)c1c(C(=O)OCC(C)C)c2ccccn2c1C(=O)c1ccccc1. The van der Waals surface area contributed by atoms with Gasteiger partial charge in [0.25, 0.3) is 0 Å². The van der Waals surface area contributed by atoms with Crippen LogP contribution in [0.1, 0.15) is 64.5 Å². The number of pyridine rings is 1. The maximum Gasteiger partial charge on any atom is 0.341 e. The molecule has 0 atom stereocenters. The van der Waals surface area contributed by atoms with E-state index in [4.69, 9.17) is 9.47 Å². The number of nitrogens with zero attached hydrogens (tertiary/aromatic N) is 1. The Labute approximate surface area is 181 Å². The molecule has 6 nitrogen and oxygen atoms in total. The third-order valence-corrected chi connectivity index (χ3v) is 4.60. The average Bonchev–Trinajstić information content (AvgIpc) is 3.11. The Hall–Kier alpha value is -3.41. The molecule has 0 radical (unpaired) electrons. The number of ether oxygens (including phenoxy) is 2. The molecule has 0 unspecified atom stereocenters. The summed E-state index contributed by atoms with van der Waals surface area (Å²) in [4.78, 5) is 39.6. The predicted octanol–water partition coefficient (Wildman–Crippen LogP) is 4.80. The van der Waals surface area contributed by atoms with Gasteiger partial charge in [0.2, 0.25) is 5.78 Å². The molecule has 0 aliphatic heterocycles. The zero-order valence-electron chi connectivity index (χ0n) is 18.3. The van der Waals surface area contributed by atoms with Crippen molar-refractivity contribution in [2.45, 2.75) is 27.7 Å². The predicted molar refractivity (Wildman–Crippen MR) is 118 cm³/mol. The summed E-state index contributed by atoms with van der Waals surface area (Å²) >= 11 is 0. The Balaban J connectivity index is 2.23. The number of carbonyl (C=O) groups is 3. The van der Waals surface area contributed by atoms with Crippen molar-refractivity contribution in [3.8, 4) is 0 Å². The third kappa shape index (κ3) is 4.85. The van der Waals surface area contributed by atoms with Gasteiger partial charge in [0.1, 0.15) is 16.8 Å². The zero-order valence-corrected chi connectivity index (χ0v) is 18.3. The van der Waals surface area contributed by atoms with E-state index in [0.717, 1.165) is 0 Å². The van der Waals surface area contributed by atoms with Crippen LogP contribution in [-0.2, 0) is 9.47 Å². The van der Waals surface area contributed by atoms with Crippen molar-refractivity contribution < 1.29 is 23.9 Å². The van der Waals surface area contributed by atoms with Crippen molar-refractivity contribution in [1.82, 2.24) is 4.40 Å². The molecule has 0 aliphatic rings. The summed E-state index contributed by atoms with van der Waals surface area (Å²) < 4.78 is 12.5. The minimum absolute atomic E-state index is 0.0503. The molecule has 6 heteroatoms. The molecular weight excluding hydrogens is 394 g/mol. The Morgan fingerprint density at radius 3 is 1.90 bits per heavy atom. The van der Waals surface area contributed by atoms with Crippen LogP contribution in [0.5, 0.6) is 0 Å². The lowest BCUT2D eigenvalue weighted by Gasteiger charge is -2.11. The highest BCUT2D eigenvalue weighted by Crippen LogP contribution is 2.28. The highest BCUT2D eigenvalue weighted by Gasteiger charge is 2.33. The van der Waals surface area contributed by atoms with Crippen molar-refractivity contribution in [3.63, 3.8) is 0 Å². The second kappa shape index (κ2) is 9.60. The number of carbonyl (C=O) groups excluding carboxylic acids is 3. The number of hydrogen-bond donors (Lipinski definition) is 0. The van der Waals surface area contributed by atoms with E-state index in [0.29, 0.717) is 11.1 Å². The second-order valence-corrected chi connectivity index (χ2v) is 8.23. The molecule has 1 aromatic carbocycles. The van der Waals surface area contributed by atoms with E-state index in [9.17, 15) is 14.4 Å². The molecule has 0 saturated heterocycles. The summed E-state index contributed by atoms with van der Waals surface area (Å²) in [5.74, 6) is -1.51. The number of esters is 2. The van der Waals surface area contributed by atoms with E-state index in [-0.39, 0.29) is 47.7 Å². The lowest BCUT2D eigenvalue weighted by Crippen LogP contribution is -2.19. The van der Waals surface area contributed by atoms with Gasteiger partial charge in [-0.05, 0) is 24.0 Å². The van der Waals surface area contributed by atoms with E-state index >= 15 is 0 Å². The van der Waals surface area contributed by atoms with Crippen molar-refractivity contribution in [3.05, 3.63) is 77.1 Å². The Morgan fingerprint density at radius 2 is 1.32 bits per heavy atom. The van der Waals surface area contributed by atoms with Gasteiger partial charge in [0.15, 0.2) is 0 Å². The molecule has 0 fully saturated rings. The van der Waals surface area contributed by atoms with Crippen molar-refractivity contribution in [2.75, 3.05) is 13.2 Å². The number of ketones is 1. The summed E-state index contributed by atoms with van der Waals surface area (Å²) in [5.41, 5.74) is 0.911. The Bertz CT molecular complexity index is 1100. The summed E-state index contributed by atoms with van der Waals surface area (Å²) in [5, 5.41) is 0. The van der Waals surface area contributed by atoms with Crippen LogP contribution in [0.3, 0.4) is 0 Å². The molecule has 31 heavy (non-hydrogen) atoms. The van der Waals surface area contributed by atoms with Gasteiger partial charge in [-0.15, -0.1) is 0 Å². The van der Waals surface area contributed by atoms with Gasteiger partial charge in [0, 0.05) is 11.8 Å². The third-order valence-electron chi connectivity index (χ3n) is 4.60. The minimum Gasteiger partial charge on any atom is -0.462 e. The maximum absolute atomic E-state index is 13.4. The fourth-order valence-electron chi connectivity index (χ4n) is 3.19. The summed E-state index contributed by atoms with van der Waals surface area (Å²) in [7, 11) is 0. The topological polar surface area (TPSA) is 74.1 Å². The van der Waals surface area contributed by atoms with E-state index in [1.807, 2.05) is 27.7 Å². The smallest absolute Gasteiger partial charge is 0.341 e. The van der Waals surface area contributed by atoms with Crippen LogP contribution in [0.4, 0.5) is 0 Å². The first-order valence-corrected chi connectivity index (χ1v) is 10.4. The minimum atomic E-state index is -0.715. The van der Waals surface area contributed by atoms with E-state index in [2.05, 4.69) is 0 Å². The molecule has 162 valence electrons. The first-order valence-electron chi connectivity index (χ1n) is 10.4. The molecule has 0 N–H and O–H groups in total. The summed E-state index contributed by atoms with van der Waals surface area (Å²) in [6.45, 7) is 8.05. The average molecular weight is 421 g/mol. The fraction of sp³-hybridized carbons (Fsp3) is 0.320. The molecule has 0 saturated carbocycles. The van der Waals surface area contributed by atoms with Crippen molar-refractivity contribution in [2.24, 2.45) is 11.8 Å². The molecule has 0 spiro atoms. The first kappa shape index (κ1) is 22.3. The molecule has 0 aliphatic carbocycles. The van der Waals surface area contributed by atoms with E-state index in [1.165, 1.54) is 0 Å². The molecular formula is C25H27NO5. The quantitative estimate of drug-likeness (QED) is 0.386. The van der Waals surface area contributed by atoms with Gasteiger partial charge < -0.3 is 13.9 Å². The highest BCUT2D eigenvalue weighted by atomic mass is 16.5. The number of aromatic nitrogens is 1. The molecule has 0 bridgehead atoms. The van der Waals surface area contributed by atoms with Gasteiger partial charge in [-0.2, -0.15) is 0 Å². The number of hydrogen-bond acceptors (Lipinski definition) is 5. The maximum atomic E-state index is 13.4. The van der Waals surface area contributed by atoms with Crippen LogP contribution in [0.15, 0.2) is 54.7 Å². The van der Waals surface area contributed by atoms with Crippen LogP contribution in [-0.4, -0.2) is 35.3 Å². The second-order valence-electron chi connectivity index (χ2n) is 8.23. The van der Waals surface area contributed by atoms with Gasteiger partial charge >= 0.3 is 11.9 Å². The van der Waals surface area contributed by atoms with Crippen LogP contribution < -0.4 is 0 Å². The Morgan fingerprint density at radius 1 is 0.774 bits per heavy atom. The van der Waals surface area contributed by atoms with Crippen LogP contribution in [0, 0.1) is 11.8 Å². The molecule has 3 aromatic rings. The highest BCUT2D eigenvalue weighted by molar-refractivity contribution is 6.19. The normalized spacial score (nSPS) is 11.2. The van der Waals surface area contributed by atoms with Crippen molar-refractivity contribution >= 4 is 23.2 Å². The van der Waals surface area contributed by atoms with Gasteiger partial charge in [-0.3, -0.25) is 4.79 Å². The summed E-state index contributed by atoms with van der Waals surface area (Å²) in [6, 6.07) is 13.8. The van der Waals surface area contributed by atoms with Crippen LogP contribution in [0.25, 0.3) is 5.52 Å². The largest absolute Gasteiger partial charge is 0.462 e. The van der Waals surface area contributed by atoms with E-state index in [1.54, 1.807) is 59.1 Å². The summed E-state index contributed by atoms with van der Waals surface area (Å²) in [6.07, 6.45) is 1.66.